The van der Waals surface area contributed by atoms with Crippen molar-refractivity contribution < 1.29 is 4.79 Å². The molecule has 0 bridgehead atoms. The molecule has 82 valence electrons. The summed E-state index contributed by atoms with van der Waals surface area (Å²) in [5.74, 6) is 0.153. The molecule has 1 amide bonds. The second kappa shape index (κ2) is 5.98. The molecule has 0 radical (unpaired) electrons. The van der Waals surface area contributed by atoms with Crippen LogP contribution >= 0.6 is 0 Å². The first-order valence-corrected chi connectivity index (χ1v) is 5.33. The van der Waals surface area contributed by atoms with Crippen LogP contribution in [0.3, 0.4) is 0 Å². The van der Waals surface area contributed by atoms with Crippen LogP contribution in [0.2, 0.25) is 0 Å². The van der Waals surface area contributed by atoms with E-state index < -0.39 is 0 Å². The van der Waals surface area contributed by atoms with Gasteiger partial charge in [-0.2, -0.15) is 0 Å². The van der Waals surface area contributed by atoms with E-state index in [0.29, 0.717) is 12.5 Å². The minimum Gasteiger partial charge on any atom is -0.355 e. The fourth-order valence-corrected chi connectivity index (χ4v) is 1.18. The highest BCUT2D eigenvalue weighted by atomic mass is 16.1. The van der Waals surface area contributed by atoms with E-state index in [4.69, 9.17) is 0 Å². The van der Waals surface area contributed by atoms with Gasteiger partial charge in [0.15, 0.2) is 0 Å². The van der Waals surface area contributed by atoms with E-state index in [1.807, 2.05) is 14.1 Å². The zero-order chi connectivity index (χ0) is 10.4. The summed E-state index contributed by atoms with van der Waals surface area (Å²) in [6.45, 7) is 2.47. The Kier molecular flexibility index (Phi) is 4.90. The minimum atomic E-state index is 0.153. The fourth-order valence-electron chi connectivity index (χ4n) is 1.18. The molecule has 1 aliphatic rings. The van der Waals surface area contributed by atoms with E-state index in [-0.39, 0.29) is 5.91 Å². The number of carbonyl (C=O) groups excluding carboxylic acids is 1. The SMILES string of the molecule is CN(C)CCNC(=O)CCNC1CC1. The average Bonchev–Trinajstić information content (AvgIpc) is 2.87. The Hall–Kier alpha value is -0.610. The van der Waals surface area contributed by atoms with Crippen molar-refractivity contribution in [3.8, 4) is 0 Å². The van der Waals surface area contributed by atoms with Crippen LogP contribution < -0.4 is 10.6 Å². The lowest BCUT2D eigenvalue weighted by Gasteiger charge is -2.10. The van der Waals surface area contributed by atoms with Gasteiger partial charge >= 0.3 is 0 Å². The number of carbonyl (C=O) groups is 1. The topological polar surface area (TPSA) is 44.4 Å². The van der Waals surface area contributed by atoms with Crippen LogP contribution in [0.5, 0.6) is 0 Å². The standard InChI is InChI=1S/C10H21N3O/c1-13(2)8-7-12-10(14)5-6-11-9-3-4-9/h9,11H,3-8H2,1-2H3,(H,12,14). The van der Waals surface area contributed by atoms with Crippen molar-refractivity contribution in [1.29, 1.82) is 0 Å². The molecule has 14 heavy (non-hydrogen) atoms. The van der Waals surface area contributed by atoms with Crippen LogP contribution in [-0.2, 0) is 4.79 Å². The van der Waals surface area contributed by atoms with Crippen molar-refractivity contribution in [3.63, 3.8) is 0 Å². The minimum absolute atomic E-state index is 0.153. The summed E-state index contributed by atoms with van der Waals surface area (Å²) in [7, 11) is 4.00. The van der Waals surface area contributed by atoms with Gasteiger partial charge in [0.1, 0.15) is 0 Å². The molecule has 1 fully saturated rings. The lowest BCUT2D eigenvalue weighted by molar-refractivity contribution is -0.121. The van der Waals surface area contributed by atoms with Gasteiger partial charge in [-0.05, 0) is 26.9 Å². The summed E-state index contributed by atoms with van der Waals surface area (Å²) < 4.78 is 0. The zero-order valence-electron chi connectivity index (χ0n) is 9.18. The summed E-state index contributed by atoms with van der Waals surface area (Å²) in [4.78, 5) is 13.3. The second-order valence-electron chi connectivity index (χ2n) is 4.13. The van der Waals surface area contributed by atoms with Gasteiger partial charge in [0.05, 0.1) is 0 Å². The van der Waals surface area contributed by atoms with Crippen molar-refractivity contribution in [3.05, 3.63) is 0 Å². The van der Waals surface area contributed by atoms with Crippen molar-refractivity contribution in [2.75, 3.05) is 33.7 Å². The molecule has 4 nitrogen and oxygen atoms in total. The van der Waals surface area contributed by atoms with E-state index in [9.17, 15) is 4.79 Å². The zero-order valence-corrected chi connectivity index (χ0v) is 9.18. The molecule has 0 aromatic carbocycles. The van der Waals surface area contributed by atoms with Gasteiger partial charge in [0.2, 0.25) is 5.91 Å². The van der Waals surface area contributed by atoms with Gasteiger partial charge in [-0.25, -0.2) is 0 Å². The number of nitrogens with zero attached hydrogens (tertiary/aromatic N) is 1. The molecule has 0 saturated heterocycles. The first-order valence-electron chi connectivity index (χ1n) is 5.33. The van der Waals surface area contributed by atoms with Gasteiger partial charge in [0.25, 0.3) is 0 Å². The third-order valence-corrected chi connectivity index (χ3v) is 2.24. The number of likely N-dealkylation sites (N-methyl/N-ethyl adjacent to an activating group) is 1. The highest BCUT2D eigenvalue weighted by Gasteiger charge is 2.19. The number of amides is 1. The number of rotatable bonds is 7. The molecule has 0 heterocycles. The molecule has 2 N–H and O–H groups in total. The van der Waals surface area contributed by atoms with Crippen LogP contribution in [-0.4, -0.2) is 50.6 Å². The Labute approximate surface area is 86.0 Å². The summed E-state index contributed by atoms with van der Waals surface area (Å²) in [5.41, 5.74) is 0. The number of hydrogen-bond acceptors (Lipinski definition) is 3. The van der Waals surface area contributed by atoms with Crippen LogP contribution in [0.1, 0.15) is 19.3 Å². The Morgan fingerprint density at radius 2 is 2.07 bits per heavy atom. The maximum absolute atomic E-state index is 11.3. The number of nitrogens with one attached hydrogen (secondary N) is 2. The summed E-state index contributed by atoms with van der Waals surface area (Å²) in [6.07, 6.45) is 3.16. The molecule has 0 unspecified atom stereocenters. The lowest BCUT2D eigenvalue weighted by atomic mass is 10.4. The van der Waals surface area contributed by atoms with E-state index in [1.54, 1.807) is 0 Å². The predicted octanol–water partition coefficient (Wildman–Crippen LogP) is -0.194. The first kappa shape index (κ1) is 11.5. The Bertz CT molecular complexity index is 168. The maximum Gasteiger partial charge on any atom is 0.221 e. The Morgan fingerprint density at radius 3 is 2.64 bits per heavy atom. The predicted molar refractivity (Wildman–Crippen MR) is 57.2 cm³/mol. The molecule has 0 spiro atoms. The third-order valence-electron chi connectivity index (χ3n) is 2.24. The highest BCUT2D eigenvalue weighted by Crippen LogP contribution is 2.18. The molecule has 0 aromatic rings. The largest absolute Gasteiger partial charge is 0.355 e. The molecular weight excluding hydrogens is 178 g/mol. The lowest BCUT2D eigenvalue weighted by Crippen LogP contribution is -2.33. The van der Waals surface area contributed by atoms with Crippen molar-refractivity contribution >= 4 is 5.91 Å². The van der Waals surface area contributed by atoms with E-state index >= 15 is 0 Å². The quantitative estimate of drug-likeness (QED) is 0.597. The van der Waals surface area contributed by atoms with E-state index in [1.165, 1.54) is 12.8 Å². The maximum atomic E-state index is 11.3. The molecule has 1 saturated carbocycles. The average molecular weight is 199 g/mol. The second-order valence-corrected chi connectivity index (χ2v) is 4.13. The van der Waals surface area contributed by atoms with Crippen LogP contribution in [0, 0.1) is 0 Å². The molecule has 0 aliphatic heterocycles. The molecule has 4 heteroatoms. The van der Waals surface area contributed by atoms with Crippen LogP contribution in [0.15, 0.2) is 0 Å². The highest BCUT2D eigenvalue weighted by molar-refractivity contribution is 5.76. The smallest absolute Gasteiger partial charge is 0.221 e. The fraction of sp³-hybridized carbons (Fsp3) is 0.900. The van der Waals surface area contributed by atoms with E-state index in [0.717, 1.165) is 19.6 Å². The molecular formula is C10H21N3O. The van der Waals surface area contributed by atoms with E-state index in [2.05, 4.69) is 15.5 Å². The van der Waals surface area contributed by atoms with Crippen molar-refractivity contribution in [1.82, 2.24) is 15.5 Å². The Morgan fingerprint density at radius 1 is 1.36 bits per heavy atom. The molecule has 1 rings (SSSR count). The van der Waals surface area contributed by atoms with Gasteiger partial charge in [0, 0.05) is 32.1 Å². The first-order chi connectivity index (χ1) is 6.68. The van der Waals surface area contributed by atoms with Gasteiger partial charge < -0.3 is 15.5 Å². The Balaban J connectivity index is 1.87. The van der Waals surface area contributed by atoms with Crippen molar-refractivity contribution in [2.45, 2.75) is 25.3 Å². The van der Waals surface area contributed by atoms with Crippen molar-refractivity contribution in [2.24, 2.45) is 0 Å². The summed E-state index contributed by atoms with van der Waals surface area (Å²) in [6, 6.07) is 0.699. The van der Waals surface area contributed by atoms with Gasteiger partial charge in [-0.3, -0.25) is 4.79 Å². The van der Waals surface area contributed by atoms with Gasteiger partial charge in [-0.1, -0.05) is 0 Å². The van der Waals surface area contributed by atoms with Crippen LogP contribution in [0.25, 0.3) is 0 Å². The number of hydrogen-bond donors (Lipinski definition) is 2. The monoisotopic (exact) mass is 199 g/mol. The third kappa shape index (κ3) is 5.94. The van der Waals surface area contributed by atoms with Gasteiger partial charge in [-0.15, -0.1) is 0 Å². The van der Waals surface area contributed by atoms with Crippen LogP contribution in [0.4, 0.5) is 0 Å². The normalized spacial score (nSPS) is 15.9. The molecule has 0 atom stereocenters. The molecule has 0 aromatic heterocycles. The summed E-state index contributed by atoms with van der Waals surface area (Å²) in [5, 5.41) is 6.20. The summed E-state index contributed by atoms with van der Waals surface area (Å²) >= 11 is 0. The molecule has 1 aliphatic carbocycles.